The molecule has 1 aromatic carbocycles. The number of nitrogens with two attached hydrogens (primary N) is 1. The van der Waals surface area contributed by atoms with E-state index in [1.807, 2.05) is 36.4 Å². The van der Waals surface area contributed by atoms with E-state index >= 15 is 0 Å². The van der Waals surface area contributed by atoms with Crippen molar-refractivity contribution in [3.8, 4) is 0 Å². The normalized spacial score (nSPS) is 11.6. The van der Waals surface area contributed by atoms with Crippen LogP contribution in [0.25, 0.3) is 5.57 Å². The van der Waals surface area contributed by atoms with Crippen LogP contribution in [0, 0.1) is 0 Å². The SMILES string of the molecule is CCCCCCCCCCC=C(C(N)=O)c1ccccc1. The molecule has 1 rings (SSSR count). The molecule has 0 aliphatic heterocycles. The summed E-state index contributed by atoms with van der Waals surface area (Å²) in [4.78, 5) is 11.5. The summed E-state index contributed by atoms with van der Waals surface area (Å²) in [6, 6.07) is 9.68. The van der Waals surface area contributed by atoms with E-state index in [-0.39, 0.29) is 5.91 Å². The molecular weight excluding hydrogens is 258 g/mol. The number of primary amides is 1. The summed E-state index contributed by atoms with van der Waals surface area (Å²) in [5.74, 6) is -0.333. The Kier molecular flexibility index (Phi) is 9.26. The van der Waals surface area contributed by atoms with Gasteiger partial charge in [0, 0.05) is 5.57 Å². The van der Waals surface area contributed by atoms with Crippen LogP contribution in [0.3, 0.4) is 0 Å². The zero-order valence-electron chi connectivity index (χ0n) is 13.3. The number of unbranched alkanes of at least 4 members (excludes halogenated alkanes) is 8. The van der Waals surface area contributed by atoms with Crippen LogP contribution >= 0.6 is 0 Å². The Hall–Kier alpha value is -1.57. The van der Waals surface area contributed by atoms with Crippen LogP contribution in [-0.2, 0) is 4.79 Å². The fourth-order valence-corrected chi connectivity index (χ4v) is 2.50. The van der Waals surface area contributed by atoms with Gasteiger partial charge in [-0.1, -0.05) is 88.3 Å². The van der Waals surface area contributed by atoms with Gasteiger partial charge >= 0.3 is 0 Å². The standard InChI is InChI=1S/C19H29NO/c1-2-3-4-5-6-7-8-9-13-16-18(19(20)21)17-14-11-10-12-15-17/h10-12,14-16H,2-9,13H2,1H3,(H2,20,21). The molecule has 2 heteroatoms. The highest BCUT2D eigenvalue weighted by atomic mass is 16.1. The quantitative estimate of drug-likeness (QED) is 0.447. The monoisotopic (exact) mass is 287 g/mol. The lowest BCUT2D eigenvalue weighted by Crippen LogP contribution is -2.12. The third-order valence-electron chi connectivity index (χ3n) is 3.76. The Labute approximate surface area is 129 Å². The molecule has 2 nitrogen and oxygen atoms in total. The van der Waals surface area contributed by atoms with Crippen molar-refractivity contribution < 1.29 is 4.79 Å². The highest BCUT2D eigenvalue weighted by molar-refractivity contribution is 6.18. The third kappa shape index (κ3) is 7.69. The van der Waals surface area contributed by atoms with Crippen LogP contribution in [0.15, 0.2) is 36.4 Å². The van der Waals surface area contributed by atoms with E-state index in [0.29, 0.717) is 5.57 Å². The number of rotatable bonds is 11. The molecule has 21 heavy (non-hydrogen) atoms. The number of allylic oxidation sites excluding steroid dienone is 1. The van der Waals surface area contributed by atoms with Gasteiger partial charge in [-0.25, -0.2) is 0 Å². The van der Waals surface area contributed by atoms with E-state index in [9.17, 15) is 4.79 Å². The molecular formula is C19H29NO. The number of hydrogen-bond donors (Lipinski definition) is 1. The molecule has 0 unspecified atom stereocenters. The second-order valence-corrected chi connectivity index (χ2v) is 5.61. The van der Waals surface area contributed by atoms with Crippen molar-refractivity contribution in [2.45, 2.75) is 64.7 Å². The average molecular weight is 287 g/mol. The Balaban J connectivity index is 2.25. The second kappa shape index (κ2) is 11.1. The zero-order valence-corrected chi connectivity index (χ0v) is 13.3. The van der Waals surface area contributed by atoms with Gasteiger partial charge in [-0.05, 0) is 18.4 Å². The Morgan fingerprint density at radius 2 is 1.52 bits per heavy atom. The summed E-state index contributed by atoms with van der Waals surface area (Å²) >= 11 is 0. The molecule has 1 aromatic rings. The van der Waals surface area contributed by atoms with Gasteiger partial charge in [-0.2, -0.15) is 0 Å². The Morgan fingerprint density at radius 3 is 2.10 bits per heavy atom. The largest absolute Gasteiger partial charge is 0.366 e. The number of carbonyl (C=O) groups is 1. The summed E-state index contributed by atoms with van der Waals surface area (Å²) < 4.78 is 0. The van der Waals surface area contributed by atoms with E-state index in [4.69, 9.17) is 5.73 Å². The molecule has 0 fully saturated rings. The first-order valence-corrected chi connectivity index (χ1v) is 8.31. The van der Waals surface area contributed by atoms with Gasteiger partial charge in [0.05, 0.1) is 0 Å². The third-order valence-corrected chi connectivity index (χ3v) is 3.76. The molecule has 116 valence electrons. The van der Waals surface area contributed by atoms with Crippen molar-refractivity contribution in [2.75, 3.05) is 0 Å². The van der Waals surface area contributed by atoms with Crippen LogP contribution in [0.1, 0.15) is 70.3 Å². The molecule has 0 aliphatic rings. The summed E-state index contributed by atoms with van der Waals surface area (Å²) in [7, 11) is 0. The van der Waals surface area contributed by atoms with E-state index < -0.39 is 0 Å². The van der Waals surface area contributed by atoms with Crippen LogP contribution < -0.4 is 5.73 Å². The molecule has 2 N–H and O–H groups in total. The van der Waals surface area contributed by atoms with Crippen LogP contribution in [0.5, 0.6) is 0 Å². The zero-order chi connectivity index (χ0) is 15.3. The maximum Gasteiger partial charge on any atom is 0.248 e. The lowest BCUT2D eigenvalue weighted by atomic mass is 10.0. The fourth-order valence-electron chi connectivity index (χ4n) is 2.50. The van der Waals surface area contributed by atoms with Gasteiger partial charge in [0.1, 0.15) is 0 Å². The van der Waals surface area contributed by atoms with E-state index in [2.05, 4.69) is 6.92 Å². The first kappa shape index (κ1) is 17.5. The van der Waals surface area contributed by atoms with Gasteiger partial charge in [0.15, 0.2) is 0 Å². The predicted molar refractivity (Wildman–Crippen MR) is 90.8 cm³/mol. The molecule has 1 amide bonds. The van der Waals surface area contributed by atoms with E-state index in [1.165, 1.54) is 44.9 Å². The minimum Gasteiger partial charge on any atom is -0.366 e. The lowest BCUT2D eigenvalue weighted by molar-refractivity contribution is -0.112. The second-order valence-electron chi connectivity index (χ2n) is 5.61. The molecule has 0 aromatic heterocycles. The Morgan fingerprint density at radius 1 is 0.952 bits per heavy atom. The average Bonchev–Trinajstić information content (AvgIpc) is 2.50. The van der Waals surface area contributed by atoms with Gasteiger partial charge in [0.25, 0.3) is 0 Å². The predicted octanol–water partition coefficient (Wildman–Crippen LogP) is 5.09. The number of hydrogen-bond acceptors (Lipinski definition) is 1. The van der Waals surface area contributed by atoms with Gasteiger partial charge in [-0.15, -0.1) is 0 Å². The van der Waals surface area contributed by atoms with Gasteiger partial charge in [-0.3, -0.25) is 4.79 Å². The molecule has 0 radical (unpaired) electrons. The van der Waals surface area contributed by atoms with Crippen molar-refractivity contribution in [3.05, 3.63) is 42.0 Å². The summed E-state index contributed by atoms with van der Waals surface area (Å²) in [5.41, 5.74) is 7.04. The van der Waals surface area contributed by atoms with Crippen LogP contribution in [-0.4, -0.2) is 5.91 Å². The van der Waals surface area contributed by atoms with Crippen molar-refractivity contribution in [3.63, 3.8) is 0 Å². The maximum absolute atomic E-state index is 11.5. The first-order chi connectivity index (χ1) is 10.3. The van der Waals surface area contributed by atoms with Crippen molar-refractivity contribution in [1.29, 1.82) is 0 Å². The summed E-state index contributed by atoms with van der Waals surface area (Å²) in [6.07, 6.45) is 13.3. The highest BCUT2D eigenvalue weighted by Gasteiger charge is 2.06. The smallest absolute Gasteiger partial charge is 0.248 e. The topological polar surface area (TPSA) is 43.1 Å². The van der Waals surface area contributed by atoms with Crippen LogP contribution in [0.2, 0.25) is 0 Å². The number of amides is 1. The maximum atomic E-state index is 11.5. The summed E-state index contributed by atoms with van der Waals surface area (Å²) in [6.45, 7) is 2.25. The molecule has 0 spiro atoms. The summed E-state index contributed by atoms with van der Waals surface area (Å²) in [5, 5.41) is 0. The van der Waals surface area contributed by atoms with Gasteiger partial charge < -0.3 is 5.73 Å². The van der Waals surface area contributed by atoms with Crippen molar-refractivity contribution in [1.82, 2.24) is 0 Å². The Bertz CT molecular complexity index is 422. The molecule has 0 heterocycles. The minimum atomic E-state index is -0.333. The molecule has 0 saturated carbocycles. The van der Waals surface area contributed by atoms with Crippen LogP contribution in [0.4, 0.5) is 0 Å². The number of carbonyl (C=O) groups excluding carboxylic acids is 1. The van der Waals surface area contributed by atoms with Crippen molar-refractivity contribution >= 4 is 11.5 Å². The molecule has 0 aliphatic carbocycles. The minimum absolute atomic E-state index is 0.333. The molecule has 0 saturated heterocycles. The first-order valence-electron chi connectivity index (χ1n) is 8.31. The molecule has 0 atom stereocenters. The number of benzene rings is 1. The molecule has 0 bridgehead atoms. The van der Waals surface area contributed by atoms with Gasteiger partial charge in [0.2, 0.25) is 5.91 Å². The lowest BCUT2D eigenvalue weighted by Gasteiger charge is -2.04. The van der Waals surface area contributed by atoms with E-state index in [0.717, 1.165) is 18.4 Å². The fraction of sp³-hybridized carbons (Fsp3) is 0.526. The van der Waals surface area contributed by atoms with Crippen molar-refractivity contribution in [2.24, 2.45) is 5.73 Å². The highest BCUT2D eigenvalue weighted by Crippen LogP contribution is 2.16. The van der Waals surface area contributed by atoms with E-state index in [1.54, 1.807) is 0 Å².